The van der Waals surface area contributed by atoms with Gasteiger partial charge in [0.25, 0.3) is 5.91 Å². The van der Waals surface area contributed by atoms with E-state index in [9.17, 15) is 14.4 Å². The van der Waals surface area contributed by atoms with Crippen LogP contribution in [0.25, 0.3) is 10.8 Å². The second-order valence-corrected chi connectivity index (χ2v) is 12.1. The third kappa shape index (κ3) is 9.53. The summed E-state index contributed by atoms with van der Waals surface area (Å²) in [5.41, 5.74) is -0.0557. The van der Waals surface area contributed by atoms with Crippen LogP contribution in [-0.2, 0) is 25.5 Å². The Hall–Kier alpha value is -2.97. The molecule has 3 amide bonds. The first-order valence-corrected chi connectivity index (χ1v) is 15.8. The number of hydrogen-bond acceptors (Lipinski definition) is 5. The van der Waals surface area contributed by atoms with Crippen LogP contribution in [0.15, 0.2) is 42.5 Å². The van der Waals surface area contributed by atoms with Gasteiger partial charge in [-0.1, -0.05) is 69.2 Å². The van der Waals surface area contributed by atoms with Crippen LogP contribution in [0.3, 0.4) is 0 Å². The van der Waals surface area contributed by atoms with Crippen molar-refractivity contribution in [1.29, 1.82) is 0 Å². The van der Waals surface area contributed by atoms with Gasteiger partial charge in [0, 0.05) is 26.6 Å². The van der Waals surface area contributed by atoms with Gasteiger partial charge in [-0.15, -0.1) is 0 Å². The first kappa shape index (κ1) is 33.5. The molecule has 1 aliphatic heterocycles. The van der Waals surface area contributed by atoms with Gasteiger partial charge in [0.1, 0.15) is 17.7 Å². The normalized spacial score (nSPS) is 16.1. The molecule has 2 unspecified atom stereocenters. The van der Waals surface area contributed by atoms with E-state index in [0.29, 0.717) is 31.8 Å². The number of likely N-dealkylation sites (tertiary alicyclic amines) is 1. The van der Waals surface area contributed by atoms with Crippen molar-refractivity contribution >= 4 is 28.5 Å². The summed E-state index contributed by atoms with van der Waals surface area (Å²) >= 11 is 0. The molecule has 1 saturated heterocycles. The second-order valence-electron chi connectivity index (χ2n) is 12.1. The molecule has 0 radical (unpaired) electrons. The Morgan fingerprint density at radius 1 is 1.02 bits per heavy atom. The number of nitrogens with zero attached hydrogens (tertiary/aromatic N) is 1. The summed E-state index contributed by atoms with van der Waals surface area (Å²) in [6.45, 7) is 10.7. The van der Waals surface area contributed by atoms with E-state index < -0.39 is 17.7 Å². The lowest BCUT2D eigenvalue weighted by molar-refractivity contribution is -0.154. The number of nitrogens with one attached hydrogen (secondary N) is 3. The van der Waals surface area contributed by atoms with Gasteiger partial charge >= 0.3 is 0 Å². The lowest BCUT2D eigenvalue weighted by Gasteiger charge is -2.32. The lowest BCUT2D eigenvalue weighted by Crippen LogP contribution is -2.56. The molecule has 0 bridgehead atoms. The molecule has 232 valence electrons. The van der Waals surface area contributed by atoms with Crippen LogP contribution in [-0.4, -0.2) is 73.6 Å². The second kappa shape index (κ2) is 16.6. The van der Waals surface area contributed by atoms with Gasteiger partial charge < -0.3 is 25.6 Å². The number of carbonyl (C=O) groups excluding carboxylic acids is 3. The summed E-state index contributed by atoms with van der Waals surface area (Å²) in [6.07, 6.45) is 7.33. The van der Waals surface area contributed by atoms with Crippen molar-refractivity contribution in [2.45, 2.75) is 96.7 Å². The summed E-state index contributed by atoms with van der Waals surface area (Å²) in [4.78, 5) is 41.7. The molecule has 1 aliphatic rings. The minimum atomic E-state index is -1.02. The lowest BCUT2D eigenvalue weighted by atomic mass is 9.98. The highest BCUT2D eigenvalue weighted by atomic mass is 16.5. The third-order valence-electron chi connectivity index (χ3n) is 8.38. The molecule has 0 aromatic heterocycles. The maximum absolute atomic E-state index is 13.5. The van der Waals surface area contributed by atoms with Crippen LogP contribution in [0.2, 0.25) is 0 Å². The molecular formula is C34H52N4O4. The van der Waals surface area contributed by atoms with Gasteiger partial charge in [-0.3, -0.25) is 14.4 Å². The molecule has 8 heteroatoms. The van der Waals surface area contributed by atoms with Gasteiger partial charge in [0.05, 0.1) is 0 Å². The van der Waals surface area contributed by atoms with E-state index in [1.807, 2.05) is 30.3 Å². The average molecular weight is 581 g/mol. The Bertz CT molecular complexity index is 1160. The summed E-state index contributed by atoms with van der Waals surface area (Å²) < 4.78 is 5.39. The Morgan fingerprint density at radius 3 is 2.43 bits per heavy atom. The zero-order valence-electron chi connectivity index (χ0n) is 26.3. The Morgan fingerprint density at radius 2 is 1.74 bits per heavy atom. The molecule has 0 saturated carbocycles. The van der Waals surface area contributed by atoms with Gasteiger partial charge in [-0.05, 0) is 81.3 Å². The van der Waals surface area contributed by atoms with Gasteiger partial charge in [-0.2, -0.15) is 0 Å². The molecule has 0 spiro atoms. The maximum atomic E-state index is 13.5. The summed E-state index contributed by atoms with van der Waals surface area (Å²) in [5.74, 6) is -0.0221. The van der Waals surface area contributed by atoms with Crippen molar-refractivity contribution in [3.05, 3.63) is 48.0 Å². The number of amides is 3. The number of carbonyl (C=O) groups is 3. The molecule has 2 atom stereocenters. The molecule has 3 N–H and O–H groups in total. The van der Waals surface area contributed by atoms with Crippen molar-refractivity contribution < 1.29 is 19.1 Å². The highest BCUT2D eigenvalue weighted by molar-refractivity contribution is 5.94. The standard InChI is InChI=1S/C34H52N4O4/c1-6-12-25(13-7-2)24-35-19-11-20-36-31(39)29(23-26-17-18-27-14-8-9-15-28(27)22-26)37-32(40)30-16-10-21-38(30)33(41)34(3,4)42-5/h8-9,14-15,17-18,22,25,29-30,35H,6-7,10-13,16,19-21,23-24H2,1-5H3,(H,36,39)(H,37,40). The molecule has 1 fully saturated rings. The maximum Gasteiger partial charge on any atom is 0.254 e. The van der Waals surface area contributed by atoms with E-state index in [4.69, 9.17) is 4.74 Å². The van der Waals surface area contributed by atoms with Crippen molar-refractivity contribution in [2.75, 3.05) is 33.3 Å². The first-order chi connectivity index (χ1) is 20.2. The van der Waals surface area contributed by atoms with Crippen molar-refractivity contribution in [3.8, 4) is 0 Å². The quantitative estimate of drug-likeness (QED) is 0.238. The fraction of sp³-hybridized carbons (Fsp3) is 0.618. The van der Waals surface area contributed by atoms with Gasteiger partial charge in [-0.25, -0.2) is 0 Å². The van der Waals surface area contributed by atoms with Crippen LogP contribution in [0, 0.1) is 5.92 Å². The fourth-order valence-electron chi connectivity index (χ4n) is 5.81. The first-order valence-electron chi connectivity index (χ1n) is 15.8. The van der Waals surface area contributed by atoms with Crippen molar-refractivity contribution in [2.24, 2.45) is 5.92 Å². The van der Waals surface area contributed by atoms with E-state index in [-0.39, 0.29) is 17.7 Å². The summed E-state index contributed by atoms with van der Waals surface area (Å²) in [7, 11) is 1.50. The van der Waals surface area contributed by atoms with Gasteiger partial charge in [0.15, 0.2) is 0 Å². The molecule has 3 rings (SSSR count). The number of benzene rings is 2. The topological polar surface area (TPSA) is 99.8 Å². The Labute approximate surface area is 252 Å². The van der Waals surface area contributed by atoms with Crippen LogP contribution < -0.4 is 16.0 Å². The highest BCUT2D eigenvalue weighted by Gasteiger charge is 2.41. The van der Waals surface area contributed by atoms with Crippen LogP contribution >= 0.6 is 0 Å². The molecule has 2 aromatic rings. The summed E-state index contributed by atoms with van der Waals surface area (Å²) in [6, 6.07) is 12.8. The predicted octanol–water partition coefficient (Wildman–Crippen LogP) is 4.60. The molecule has 42 heavy (non-hydrogen) atoms. The summed E-state index contributed by atoms with van der Waals surface area (Å²) in [5, 5.41) is 11.8. The van der Waals surface area contributed by atoms with Crippen LogP contribution in [0.4, 0.5) is 0 Å². The van der Waals surface area contributed by atoms with Gasteiger partial charge in [0.2, 0.25) is 11.8 Å². The number of ether oxygens (including phenoxy) is 1. The highest BCUT2D eigenvalue weighted by Crippen LogP contribution is 2.24. The monoisotopic (exact) mass is 580 g/mol. The van der Waals surface area contributed by atoms with Crippen molar-refractivity contribution in [1.82, 2.24) is 20.9 Å². The van der Waals surface area contributed by atoms with Crippen LogP contribution in [0.1, 0.15) is 78.2 Å². The zero-order chi connectivity index (χ0) is 30.5. The third-order valence-corrected chi connectivity index (χ3v) is 8.38. The fourth-order valence-corrected chi connectivity index (χ4v) is 5.81. The van der Waals surface area contributed by atoms with Crippen molar-refractivity contribution in [3.63, 3.8) is 0 Å². The molecule has 8 nitrogen and oxygen atoms in total. The minimum absolute atomic E-state index is 0.209. The smallest absolute Gasteiger partial charge is 0.254 e. The Kier molecular flexibility index (Phi) is 13.3. The molecule has 2 aromatic carbocycles. The number of methoxy groups -OCH3 is 1. The van der Waals surface area contributed by atoms with Crippen LogP contribution in [0.5, 0.6) is 0 Å². The minimum Gasteiger partial charge on any atom is -0.369 e. The average Bonchev–Trinajstić information content (AvgIpc) is 3.48. The molecular weight excluding hydrogens is 528 g/mol. The SMILES string of the molecule is CCCC(CCC)CNCCCNC(=O)C(Cc1ccc2ccccc2c1)NC(=O)C1CCCN1C(=O)C(C)(C)OC. The zero-order valence-corrected chi connectivity index (χ0v) is 26.3. The van der Waals surface area contributed by atoms with E-state index in [1.54, 1.807) is 18.7 Å². The number of fused-ring (bicyclic) bond motifs is 1. The molecule has 0 aliphatic carbocycles. The number of rotatable bonds is 17. The number of hydrogen-bond donors (Lipinski definition) is 3. The van der Waals surface area contributed by atoms with E-state index in [2.05, 4.69) is 41.9 Å². The van der Waals surface area contributed by atoms with E-state index in [1.165, 1.54) is 32.8 Å². The predicted molar refractivity (Wildman–Crippen MR) is 169 cm³/mol. The van der Waals surface area contributed by atoms with E-state index >= 15 is 0 Å². The largest absolute Gasteiger partial charge is 0.369 e. The van der Waals surface area contributed by atoms with E-state index in [0.717, 1.165) is 42.3 Å². The Balaban J connectivity index is 1.64. The molecule has 1 heterocycles.